The van der Waals surface area contributed by atoms with Crippen LogP contribution in [0.5, 0.6) is 0 Å². The van der Waals surface area contributed by atoms with E-state index >= 15 is 0 Å². The minimum atomic E-state index is -2.24. The minimum absolute atomic E-state index is 0.0219. The third-order valence-electron chi connectivity index (χ3n) is 4.86. The maximum atomic E-state index is 13.2. The van der Waals surface area contributed by atoms with Crippen LogP contribution in [0.25, 0.3) is 5.83 Å². The summed E-state index contributed by atoms with van der Waals surface area (Å²) in [7, 11) is -0.526. The molecule has 0 bridgehead atoms. The van der Waals surface area contributed by atoms with E-state index in [0.717, 1.165) is 0 Å². The van der Waals surface area contributed by atoms with Crippen molar-refractivity contribution in [2.24, 2.45) is 0 Å². The van der Waals surface area contributed by atoms with Crippen molar-refractivity contribution in [1.29, 1.82) is 0 Å². The number of unbranched alkanes of at least 4 members (excludes halogenated alkanes) is 2. The van der Waals surface area contributed by atoms with E-state index in [1.807, 2.05) is 12.1 Å². The van der Waals surface area contributed by atoms with Gasteiger partial charge in [-0.15, -0.1) is 0 Å². The normalized spacial score (nSPS) is 21.6. The molecule has 0 N–H and O–H groups in total. The van der Waals surface area contributed by atoms with Crippen LogP contribution in [0.3, 0.4) is 0 Å². The van der Waals surface area contributed by atoms with Gasteiger partial charge < -0.3 is 0 Å². The first-order valence-electron chi connectivity index (χ1n) is 8.43. The molecule has 1 fully saturated rings. The van der Waals surface area contributed by atoms with Crippen molar-refractivity contribution in [1.82, 2.24) is 0 Å². The highest BCUT2D eigenvalue weighted by atomic mass is 28.3. The molecule has 1 aliphatic rings. The molecule has 4 heteroatoms. The molecule has 0 aliphatic carbocycles. The molecule has 0 spiro atoms. The molecule has 0 unspecified atom stereocenters. The molecule has 0 nitrogen and oxygen atoms in total. The zero-order valence-electron chi connectivity index (χ0n) is 13.3. The van der Waals surface area contributed by atoms with Gasteiger partial charge >= 0.3 is 6.08 Å². The van der Waals surface area contributed by atoms with Crippen molar-refractivity contribution in [2.45, 2.75) is 63.1 Å². The van der Waals surface area contributed by atoms with Gasteiger partial charge in [0.05, 0.1) is 0 Å². The van der Waals surface area contributed by atoms with Crippen molar-refractivity contribution in [3.05, 3.63) is 41.5 Å². The van der Waals surface area contributed by atoms with Crippen molar-refractivity contribution in [3.8, 4) is 0 Å². The van der Waals surface area contributed by atoms with Gasteiger partial charge in [0, 0.05) is 14.4 Å². The van der Waals surface area contributed by atoms with Gasteiger partial charge in [0.1, 0.15) is 0 Å². The van der Waals surface area contributed by atoms with Gasteiger partial charge in [0.25, 0.3) is 0 Å². The molecule has 1 aliphatic heterocycles. The van der Waals surface area contributed by atoms with Crippen molar-refractivity contribution < 1.29 is 13.2 Å². The summed E-state index contributed by atoms with van der Waals surface area (Å²) in [6.07, 6.45) is 4.24. The Hall–Kier alpha value is -1.03. The maximum Gasteiger partial charge on any atom is 0.306 e. The van der Waals surface area contributed by atoms with Crippen LogP contribution in [0.1, 0.15) is 56.1 Å². The maximum absolute atomic E-state index is 13.2. The molecule has 1 aromatic rings. The molecule has 1 aromatic carbocycles. The Balaban J connectivity index is 1.88. The first-order valence-corrected chi connectivity index (χ1v) is 10.9. The Morgan fingerprint density at radius 3 is 2.23 bits per heavy atom. The van der Waals surface area contributed by atoms with E-state index in [2.05, 4.69) is 6.92 Å². The predicted octanol–water partition coefficient (Wildman–Crippen LogP) is 6.52. The average molecular weight is 326 g/mol. The number of benzene rings is 1. The largest absolute Gasteiger partial charge is 0.306 e. The average Bonchev–Trinajstić information content (AvgIpc) is 2.55. The van der Waals surface area contributed by atoms with E-state index in [9.17, 15) is 13.2 Å². The van der Waals surface area contributed by atoms with Gasteiger partial charge in [-0.3, -0.25) is 0 Å². The third kappa shape index (κ3) is 4.73. The van der Waals surface area contributed by atoms with Crippen molar-refractivity contribution >= 4 is 14.6 Å². The zero-order chi connectivity index (χ0) is 15.9. The second kappa shape index (κ2) is 8.56. The van der Waals surface area contributed by atoms with Gasteiger partial charge in [0.15, 0.2) is 5.83 Å². The van der Waals surface area contributed by atoms with Crippen LogP contribution >= 0.6 is 0 Å². The smallest absolute Gasteiger partial charge is 0.200 e. The van der Waals surface area contributed by atoms with Gasteiger partial charge in [-0.2, -0.15) is 8.78 Å². The molecule has 2 rings (SSSR count). The third-order valence-corrected chi connectivity index (χ3v) is 8.39. The predicted molar refractivity (Wildman–Crippen MR) is 89.8 cm³/mol. The highest BCUT2D eigenvalue weighted by Crippen LogP contribution is 2.35. The second-order valence-corrected chi connectivity index (χ2v) is 9.87. The molecule has 1 saturated heterocycles. The van der Waals surface area contributed by atoms with Crippen molar-refractivity contribution in [2.75, 3.05) is 0 Å². The molecular weight excluding hydrogens is 301 g/mol. The Kier molecular flexibility index (Phi) is 6.74. The molecule has 0 atom stereocenters. The van der Waals surface area contributed by atoms with Crippen LogP contribution in [0.2, 0.25) is 18.1 Å². The first-order chi connectivity index (χ1) is 10.6. The Morgan fingerprint density at radius 2 is 1.68 bits per heavy atom. The monoisotopic (exact) mass is 326 g/mol. The van der Waals surface area contributed by atoms with Crippen LogP contribution < -0.4 is 0 Å². The first kappa shape index (κ1) is 17.3. The summed E-state index contributed by atoms with van der Waals surface area (Å²) < 4.78 is 37.7. The van der Waals surface area contributed by atoms with Crippen LogP contribution in [-0.4, -0.2) is 8.80 Å². The Bertz CT molecular complexity index is 484. The lowest BCUT2D eigenvalue weighted by molar-refractivity contribution is 0.410. The standard InChI is InChI=1S/C18H25F3Si/c1-2-3-4-11-22-12-9-15(10-13-22)14-5-7-16(8-6-14)17(19)18(20)21/h5-8,15,22H,2-4,9-13H2,1H3/t15-,22-. The van der Waals surface area contributed by atoms with Crippen LogP contribution in [0, 0.1) is 0 Å². The lowest BCUT2D eigenvalue weighted by atomic mass is 9.92. The van der Waals surface area contributed by atoms with E-state index in [1.165, 1.54) is 67.9 Å². The molecule has 122 valence electrons. The molecular formula is C18H25F3Si. The lowest BCUT2D eigenvalue weighted by Gasteiger charge is -2.28. The number of halogens is 3. The molecule has 0 radical (unpaired) electrons. The lowest BCUT2D eigenvalue weighted by Crippen LogP contribution is -2.20. The summed E-state index contributed by atoms with van der Waals surface area (Å²) in [5.41, 5.74) is 1.16. The Labute approximate surface area is 133 Å². The second-order valence-electron chi connectivity index (χ2n) is 6.41. The topological polar surface area (TPSA) is 0 Å². The quantitative estimate of drug-likeness (QED) is 0.412. The molecule has 0 saturated carbocycles. The fourth-order valence-corrected chi connectivity index (χ4v) is 6.96. The highest BCUT2D eigenvalue weighted by Gasteiger charge is 2.23. The molecule has 0 aromatic heterocycles. The minimum Gasteiger partial charge on any atom is -0.200 e. The van der Waals surface area contributed by atoms with E-state index in [-0.39, 0.29) is 5.56 Å². The fraction of sp³-hybridized carbons (Fsp3) is 0.556. The van der Waals surface area contributed by atoms with E-state index in [4.69, 9.17) is 0 Å². The van der Waals surface area contributed by atoms with Gasteiger partial charge in [-0.1, -0.05) is 68.6 Å². The number of rotatable bonds is 6. The van der Waals surface area contributed by atoms with Gasteiger partial charge in [0.2, 0.25) is 0 Å². The van der Waals surface area contributed by atoms with Crippen LogP contribution in [-0.2, 0) is 0 Å². The summed E-state index contributed by atoms with van der Waals surface area (Å²) in [6.45, 7) is 2.24. The highest BCUT2D eigenvalue weighted by molar-refractivity contribution is 6.59. The SMILES string of the molecule is CCCCC[Si@H]1CC[C@H](c2ccc(C(F)=C(F)F)cc2)CC1. The van der Waals surface area contributed by atoms with E-state index in [0.29, 0.717) is 5.92 Å². The summed E-state index contributed by atoms with van der Waals surface area (Å²) in [5, 5.41) is 0. The summed E-state index contributed by atoms with van der Waals surface area (Å²) in [4.78, 5) is 0. The number of hydrogen-bond donors (Lipinski definition) is 0. The van der Waals surface area contributed by atoms with Gasteiger partial charge in [-0.05, 0) is 24.3 Å². The van der Waals surface area contributed by atoms with Gasteiger partial charge in [-0.25, -0.2) is 4.39 Å². The zero-order valence-corrected chi connectivity index (χ0v) is 14.4. The summed E-state index contributed by atoms with van der Waals surface area (Å²) >= 11 is 0. The molecule has 0 amide bonds. The molecule has 22 heavy (non-hydrogen) atoms. The fourth-order valence-electron chi connectivity index (χ4n) is 3.48. The Morgan fingerprint density at radius 1 is 1.05 bits per heavy atom. The van der Waals surface area contributed by atoms with E-state index < -0.39 is 20.7 Å². The summed E-state index contributed by atoms with van der Waals surface area (Å²) in [5.74, 6) is -0.871. The molecule has 1 heterocycles. The van der Waals surface area contributed by atoms with Crippen LogP contribution in [0.15, 0.2) is 30.3 Å². The van der Waals surface area contributed by atoms with Crippen LogP contribution in [0.4, 0.5) is 13.2 Å². The number of hydrogen-bond acceptors (Lipinski definition) is 0. The van der Waals surface area contributed by atoms with Crippen molar-refractivity contribution in [3.63, 3.8) is 0 Å². The summed E-state index contributed by atoms with van der Waals surface area (Å²) in [6, 6.07) is 10.9. The van der Waals surface area contributed by atoms with E-state index in [1.54, 1.807) is 0 Å².